The molecule has 1 aromatic heterocycles. The molecule has 0 amide bonds. The van der Waals surface area contributed by atoms with Crippen LogP contribution in [0.25, 0.3) is 0 Å². The Labute approximate surface area is 171 Å². The van der Waals surface area contributed by atoms with Crippen LogP contribution < -0.4 is 10.6 Å². The average Bonchev–Trinajstić information content (AvgIpc) is 3.08. The van der Waals surface area contributed by atoms with Gasteiger partial charge in [0.15, 0.2) is 11.7 Å². The minimum Gasteiger partial charge on any atom is -0.353 e. The third-order valence-electron chi connectivity index (χ3n) is 4.16. The van der Waals surface area contributed by atoms with Crippen molar-refractivity contribution in [3.63, 3.8) is 0 Å². The van der Waals surface area contributed by atoms with Gasteiger partial charge in [0, 0.05) is 18.5 Å². The Bertz CT molecular complexity index is 760. The van der Waals surface area contributed by atoms with E-state index in [4.69, 9.17) is 0 Å². The lowest BCUT2D eigenvalue weighted by atomic mass is 9.88. The first-order valence-electron chi connectivity index (χ1n) is 8.01. The van der Waals surface area contributed by atoms with Crippen LogP contribution in [0.5, 0.6) is 0 Å². The minimum absolute atomic E-state index is 0. The summed E-state index contributed by atoms with van der Waals surface area (Å²) in [5, 5.41) is 7.80. The number of hydrogen-bond donors (Lipinski definition) is 2. The highest BCUT2D eigenvalue weighted by molar-refractivity contribution is 14.0. The van der Waals surface area contributed by atoms with Gasteiger partial charge in [-0.1, -0.05) is 24.3 Å². The van der Waals surface area contributed by atoms with Gasteiger partial charge >= 0.3 is 6.18 Å². The number of fused-ring (bicyclic) bond motifs is 1. The van der Waals surface area contributed by atoms with E-state index in [9.17, 15) is 13.2 Å². The molecule has 0 saturated carbocycles. The summed E-state index contributed by atoms with van der Waals surface area (Å²) in [6, 6.07) is 8.63. The molecule has 4 nitrogen and oxygen atoms in total. The Balaban J connectivity index is 0.00000243. The number of nitrogens with zero attached hydrogens (tertiary/aromatic N) is 2. The van der Waals surface area contributed by atoms with Crippen LogP contribution in [0.4, 0.5) is 13.2 Å². The molecule has 1 aromatic carbocycles. The van der Waals surface area contributed by atoms with Crippen molar-refractivity contribution in [2.75, 3.05) is 7.05 Å². The van der Waals surface area contributed by atoms with Crippen molar-refractivity contribution < 1.29 is 13.2 Å². The molecule has 1 heterocycles. The number of aliphatic imine (C=N–C) groups is 1. The Hall–Kier alpha value is -1.36. The van der Waals surface area contributed by atoms with Crippen LogP contribution >= 0.6 is 35.3 Å². The first-order valence-corrected chi connectivity index (χ1v) is 8.89. The maximum absolute atomic E-state index is 12.6. The standard InChI is InChI=1S/C17H19F3N4S.HI/c1-21-16(22-9-15-24-14(10-25-15)17(18,19)20)23-13-7-6-11-4-2-3-5-12(11)8-13;/h2-5,10,13H,6-9H2,1H3,(H2,21,22,23);1H. The third-order valence-corrected chi connectivity index (χ3v) is 5.01. The second-order valence-corrected chi connectivity index (χ2v) is 6.85. The highest BCUT2D eigenvalue weighted by Gasteiger charge is 2.33. The topological polar surface area (TPSA) is 49.3 Å². The summed E-state index contributed by atoms with van der Waals surface area (Å²) < 4.78 is 37.8. The molecule has 1 unspecified atom stereocenters. The van der Waals surface area contributed by atoms with Crippen LogP contribution in [0.15, 0.2) is 34.6 Å². The van der Waals surface area contributed by atoms with E-state index in [1.807, 2.05) is 6.07 Å². The van der Waals surface area contributed by atoms with Crippen LogP contribution in [0.1, 0.15) is 28.2 Å². The molecule has 0 spiro atoms. The lowest BCUT2D eigenvalue weighted by Crippen LogP contribution is -2.45. The average molecular weight is 496 g/mol. The normalized spacial score (nSPS) is 17.2. The number of aromatic nitrogens is 1. The maximum atomic E-state index is 12.6. The molecule has 1 atom stereocenters. The molecule has 142 valence electrons. The van der Waals surface area contributed by atoms with E-state index in [2.05, 4.69) is 38.8 Å². The molecule has 3 rings (SSSR count). The highest BCUT2D eigenvalue weighted by atomic mass is 127. The summed E-state index contributed by atoms with van der Waals surface area (Å²) in [7, 11) is 1.65. The van der Waals surface area contributed by atoms with Crippen LogP contribution in [-0.2, 0) is 25.6 Å². The van der Waals surface area contributed by atoms with E-state index in [0.29, 0.717) is 11.0 Å². The van der Waals surface area contributed by atoms with Gasteiger partial charge in [0.2, 0.25) is 0 Å². The van der Waals surface area contributed by atoms with Gasteiger partial charge < -0.3 is 10.6 Å². The van der Waals surface area contributed by atoms with Crippen molar-refractivity contribution in [3.05, 3.63) is 51.5 Å². The first kappa shape index (κ1) is 20.9. The van der Waals surface area contributed by atoms with Gasteiger partial charge in [-0.2, -0.15) is 13.2 Å². The molecular formula is C17H20F3IN4S. The monoisotopic (exact) mass is 496 g/mol. The molecule has 9 heteroatoms. The number of alkyl halides is 3. The quantitative estimate of drug-likeness (QED) is 0.384. The second kappa shape index (κ2) is 9.03. The number of guanidine groups is 1. The fraction of sp³-hybridized carbons (Fsp3) is 0.412. The van der Waals surface area contributed by atoms with E-state index in [-0.39, 0.29) is 36.6 Å². The summed E-state index contributed by atoms with van der Waals surface area (Å²) in [4.78, 5) is 7.77. The lowest BCUT2D eigenvalue weighted by Gasteiger charge is -2.27. The van der Waals surface area contributed by atoms with Gasteiger partial charge in [-0.25, -0.2) is 4.98 Å². The smallest absolute Gasteiger partial charge is 0.353 e. The SMILES string of the molecule is CN=C(NCc1nc(C(F)(F)F)cs1)NC1CCc2ccccc2C1.I. The van der Waals surface area contributed by atoms with E-state index >= 15 is 0 Å². The Morgan fingerprint density at radius 3 is 2.69 bits per heavy atom. The van der Waals surface area contributed by atoms with Crippen molar-refractivity contribution in [1.29, 1.82) is 0 Å². The summed E-state index contributed by atoms with van der Waals surface area (Å²) in [6.07, 6.45) is -1.49. The predicted molar refractivity (Wildman–Crippen MR) is 108 cm³/mol. The van der Waals surface area contributed by atoms with Gasteiger partial charge in [0.1, 0.15) is 5.01 Å². The number of halogens is 4. The molecule has 0 aliphatic heterocycles. The molecule has 0 fully saturated rings. The van der Waals surface area contributed by atoms with Gasteiger partial charge in [-0.15, -0.1) is 35.3 Å². The van der Waals surface area contributed by atoms with E-state index in [1.54, 1.807) is 7.05 Å². The molecule has 0 saturated heterocycles. The van der Waals surface area contributed by atoms with Gasteiger partial charge in [0.05, 0.1) is 6.54 Å². The molecule has 0 bridgehead atoms. The Kier molecular flexibility index (Phi) is 7.27. The zero-order valence-corrected chi connectivity index (χ0v) is 17.3. The van der Waals surface area contributed by atoms with Crippen molar-refractivity contribution in [3.8, 4) is 0 Å². The Morgan fingerprint density at radius 2 is 2.04 bits per heavy atom. The largest absolute Gasteiger partial charge is 0.434 e. The lowest BCUT2D eigenvalue weighted by molar-refractivity contribution is -0.140. The fourth-order valence-corrected chi connectivity index (χ4v) is 3.63. The van der Waals surface area contributed by atoms with Crippen LogP contribution in [0.2, 0.25) is 0 Å². The number of thiazole rings is 1. The van der Waals surface area contributed by atoms with Crippen molar-refractivity contribution in [2.24, 2.45) is 4.99 Å². The summed E-state index contributed by atoms with van der Waals surface area (Å²) in [5.74, 6) is 0.577. The third kappa shape index (κ3) is 5.32. The Morgan fingerprint density at radius 1 is 1.31 bits per heavy atom. The molecule has 1 aliphatic rings. The predicted octanol–water partition coefficient (Wildman–Crippen LogP) is 4.00. The van der Waals surface area contributed by atoms with Crippen LogP contribution in [-0.4, -0.2) is 24.0 Å². The molecule has 2 N–H and O–H groups in total. The first-order chi connectivity index (χ1) is 12.0. The number of rotatable bonds is 3. The number of hydrogen-bond acceptors (Lipinski definition) is 3. The summed E-state index contributed by atoms with van der Waals surface area (Å²) >= 11 is 0.989. The molecule has 26 heavy (non-hydrogen) atoms. The zero-order valence-electron chi connectivity index (χ0n) is 14.1. The molecule has 2 aromatic rings. The van der Waals surface area contributed by atoms with Crippen molar-refractivity contribution >= 4 is 41.3 Å². The second-order valence-electron chi connectivity index (χ2n) is 5.90. The van der Waals surface area contributed by atoms with Gasteiger partial charge in [0.25, 0.3) is 0 Å². The van der Waals surface area contributed by atoms with E-state index in [1.165, 1.54) is 11.1 Å². The number of nitrogens with one attached hydrogen (secondary N) is 2. The van der Waals surface area contributed by atoms with E-state index in [0.717, 1.165) is 36.0 Å². The van der Waals surface area contributed by atoms with Gasteiger partial charge in [-0.05, 0) is 30.4 Å². The summed E-state index contributed by atoms with van der Waals surface area (Å²) in [6.45, 7) is 0.212. The van der Waals surface area contributed by atoms with Crippen LogP contribution in [0, 0.1) is 0 Å². The molecule has 0 radical (unpaired) electrons. The maximum Gasteiger partial charge on any atom is 0.434 e. The molecular weight excluding hydrogens is 476 g/mol. The fourth-order valence-electron chi connectivity index (χ4n) is 2.89. The minimum atomic E-state index is -4.40. The molecule has 1 aliphatic carbocycles. The highest BCUT2D eigenvalue weighted by Crippen LogP contribution is 2.29. The van der Waals surface area contributed by atoms with Crippen LogP contribution in [0.3, 0.4) is 0 Å². The van der Waals surface area contributed by atoms with Crippen molar-refractivity contribution in [2.45, 2.75) is 38.0 Å². The number of aryl methyl sites for hydroxylation is 1. The van der Waals surface area contributed by atoms with Crippen molar-refractivity contribution in [1.82, 2.24) is 15.6 Å². The zero-order chi connectivity index (χ0) is 17.9. The van der Waals surface area contributed by atoms with E-state index < -0.39 is 11.9 Å². The number of benzene rings is 1. The van der Waals surface area contributed by atoms with Gasteiger partial charge in [-0.3, -0.25) is 4.99 Å². The summed E-state index contributed by atoms with van der Waals surface area (Å²) in [5.41, 5.74) is 1.86.